The minimum absolute atomic E-state index is 0. The van der Waals surface area contributed by atoms with Gasteiger partial charge < -0.3 is 5.11 Å². The summed E-state index contributed by atoms with van der Waals surface area (Å²) in [5.74, 6) is 0. The van der Waals surface area contributed by atoms with Gasteiger partial charge in [-0.3, -0.25) is 4.79 Å². The SMILES string of the molecule is O=CO.[BaH2].c1ccc2c(c1)sc1ccccc12. The number of hydrogen-bond acceptors (Lipinski definition) is 2. The molecular weight excluding hydrogens is 358 g/mol. The molecule has 0 aliphatic carbocycles. The summed E-state index contributed by atoms with van der Waals surface area (Å²) >= 11 is 1.86. The summed E-state index contributed by atoms with van der Waals surface area (Å²) in [5, 5.41) is 9.64. The van der Waals surface area contributed by atoms with Crippen LogP contribution in [-0.4, -0.2) is 60.5 Å². The van der Waals surface area contributed by atoms with E-state index in [-0.39, 0.29) is 55.4 Å². The second-order valence-corrected chi connectivity index (χ2v) is 4.28. The molecule has 3 aromatic rings. The van der Waals surface area contributed by atoms with Gasteiger partial charge in [0.2, 0.25) is 0 Å². The Labute approximate surface area is 143 Å². The van der Waals surface area contributed by atoms with Gasteiger partial charge in [-0.25, -0.2) is 0 Å². The molecule has 2 nitrogen and oxygen atoms in total. The van der Waals surface area contributed by atoms with Crippen molar-refractivity contribution in [2.75, 3.05) is 0 Å². The Bertz CT molecular complexity index is 568. The van der Waals surface area contributed by atoms with Crippen LogP contribution < -0.4 is 0 Å². The number of carbonyl (C=O) groups is 1. The molecule has 1 aromatic heterocycles. The summed E-state index contributed by atoms with van der Waals surface area (Å²) in [7, 11) is 0. The van der Waals surface area contributed by atoms with Crippen molar-refractivity contribution in [1.29, 1.82) is 0 Å². The standard InChI is InChI=1S/C12H8S.CH2O2.Ba.2H/c1-3-7-11-9(5-1)10-6-2-4-8-12(10)13-11;2-1-3;;;/h1-8H;1H,(H,2,3);;;. The molecule has 0 saturated carbocycles. The second kappa shape index (κ2) is 7.21. The normalized spacial score (nSPS) is 9.18. The van der Waals surface area contributed by atoms with Gasteiger partial charge in [-0.1, -0.05) is 36.4 Å². The Kier molecular flexibility index (Phi) is 6.26. The van der Waals surface area contributed by atoms with E-state index in [1.54, 1.807) is 0 Å². The van der Waals surface area contributed by atoms with Crippen molar-refractivity contribution in [2.24, 2.45) is 0 Å². The van der Waals surface area contributed by atoms with Crippen molar-refractivity contribution in [2.45, 2.75) is 0 Å². The van der Waals surface area contributed by atoms with E-state index in [9.17, 15) is 0 Å². The summed E-state index contributed by atoms with van der Waals surface area (Å²) in [6.45, 7) is -0.250. The number of benzene rings is 2. The Morgan fingerprint density at radius 3 is 1.65 bits per heavy atom. The summed E-state index contributed by atoms with van der Waals surface area (Å²) in [5.41, 5.74) is 0. The fourth-order valence-corrected chi connectivity index (χ4v) is 2.78. The van der Waals surface area contributed by atoms with Crippen molar-refractivity contribution < 1.29 is 9.90 Å². The molecule has 84 valence electrons. The van der Waals surface area contributed by atoms with Crippen LogP contribution in [0.15, 0.2) is 48.5 Å². The number of carboxylic acid groups (broad SMARTS) is 1. The summed E-state index contributed by atoms with van der Waals surface area (Å²) in [6, 6.07) is 17.1. The summed E-state index contributed by atoms with van der Waals surface area (Å²) in [4.78, 5) is 8.36. The van der Waals surface area contributed by atoms with Gasteiger partial charge in [-0.2, -0.15) is 0 Å². The van der Waals surface area contributed by atoms with Crippen LogP contribution in [0.5, 0.6) is 0 Å². The quantitative estimate of drug-likeness (QED) is 0.489. The zero-order valence-corrected chi connectivity index (χ0v) is 9.28. The van der Waals surface area contributed by atoms with Crippen LogP contribution in [0.2, 0.25) is 0 Å². The molecule has 0 spiro atoms. The van der Waals surface area contributed by atoms with Crippen LogP contribution in [0, 0.1) is 0 Å². The molecule has 1 heterocycles. The third-order valence-electron chi connectivity index (χ3n) is 2.28. The fourth-order valence-electron chi connectivity index (χ4n) is 1.67. The maximum atomic E-state index is 8.36. The van der Waals surface area contributed by atoms with Gasteiger partial charge in [0.1, 0.15) is 0 Å². The topological polar surface area (TPSA) is 37.3 Å². The minimum atomic E-state index is -0.250. The van der Waals surface area contributed by atoms with E-state index in [2.05, 4.69) is 48.5 Å². The van der Waals surface area contributed by atoms with E-state index in [0.717, 1.165) is 0 Å². The monoisotopic (exact) mass is 370 g/mol. The molecule has 0 fully saturated rings. The van der Waals surface area contributed by atoms with E-state index in [0.29, 0.717) is 0 Å². The van der Waals surface area contributed by atoms with Gasteiger partial charge in [0.05, 0.1) is 0 Å². The third-order valence-corrected chi connectivity index (χ3v) is 3.44. The van der Waals surface area contributed by atoms with Gasteiger partial charge in [0, 0.05) is 20.2 Å². The van der Waals surface area contributed by atoms with Crippen molar-refractivity contribution >= 4 is 86.9 Å². The Morgan fingerprint density at radius 2 is 1.24 bits per heavy atom. The Balaban J connectivity index is 0.000000331. The molecule has 1 N–H and O–H groups in total. The van der Waals surface area contributed by atoms with E-state index < -0.39 is 0 Å². The minimum Gasteiger partial charge on any atom is -0.135 e. The van der Waals surface area contributed by atoms with Gasteiger partial charge in [-0.15, -0.1) is 11.3 Å². The van der Waals surface area contributed by atoms with Crippen LogP contribution in [0.4, 0.5) is 0 Å². The van der Waals surface area contributed by atoms with Crippen LogP contribution in [-0.2, 0) is 4.79 Å². The average molecular weight is 370 g/mol. The summed E-state index contributed by atoms with van der Waals surface area (Å²) < 4.78 is 2.76. The zero-order valence-electron chi connectivity index (χ0n) is 8.46. The molecule has 0 aliphatic heterocycles. The predicted molar refractivity (Wildman–Crippen MR) is 76.6 cm³/mol. The first-order chi connectivity index (χ1) is 7.86. The molecule has 17 heavy (non-hydrogen) atoms. The second-order valence-electron chi connectivity index (χ2n) is 3.20. The molecule has 0 bridgehead atoms. The summed E-state index contributed by atoms with van der Waals surface area (Å²) in [6.07, 6.45) is 0. The van der Waals surface area contributed by atoms with Crippen molar-refractivity contribution in [3.8, 4) is 0 Å². The zero-order chi connectivity index (χ0) is 11.4. The Hall–Kier alpha value is -0.299. The van der Waals surface area contributed by atoms with E-state index >= 15 is 0 Å². The number of hydrogen-bond donors (Lipinski definition) is 1. The molecule has 0 radical (unpaired) electrons. The molecule has 0 amide bonds. The van der Waals surface area contributed by atoms with Crippen molar-refractivity contribution in [3.05, 3.63) is 48.5 Å². The molecule has 0 atom stereocenters. The van der Waals surface area contributed by atoms with Crippen molar-refractivity contribution in [3.63, 3.8) is 0 Å². The first kappa shape index (κ1) is 14.8. The van der Waals surface area contributed by atoms with Crippen LogP contribution in [0.25, 0.3) is 20.2 Å². The first-order valence-corrected chi connectivity index (χ1v) is 5.62. The van der Waals surface area contributed by atoms with E-state index in [1.807, 2.05) is 11.3 Å². The predicted octanol–water partition coefficient (Wildman–Crippen LogP) is 2.84. The molecule has 4 heteroatoms. The smallest absolute Gasteiger partial charge is 0.0355 e. The number of rotatable bonds is 0. The van der Waals surface area contributed by atoms with E-state index in [1.165, 1.54) is 20.2 Å². The van der Waals surface area contributed by atoms with Gasteiger partial charge >= 0.3 is 48.9 Å². The fraction of sp³-hybridized carbons (Fsp3) is 0. The number of thiophene rings is 1. The molecule has 0 aliphatic rings. The maximum absolute atomic E-state index is 8.36. The molecular formula is C13H12BaO2S. The number of fused-ring (bicyclic) bond motifs is 3. The molecule has 2 aromatic carbocycles. The molecule has 0 unspecified atom stereocenters. The molecule has 0 saturated heterocycles. The third kappa shape index (κ3) is 3.34. The maximum Gasteiger partial charge on any atom is 0.0355 e. The van der Waals surface area contributed by atoms with Crippen LogP contribution in [0.1, 0.15) is 0 Å². The van der Waals surface area contributed by atoms with Crippen molar-refractivity contribution in [1.82, 2.24) is 0 Å². The Morgan fingerprint density at radius 1 is 0.882 bits per heavy atom. The largest absolute Gasteiger partial charge is 0.135 e. The van der Waals surface area contributed by atoms with Crippen LogP contribution in [0.3, 0.4) is 0 Å². The van der Waals surface area contributed by atoms with Gasteiger partial charge in [0.25, 0.3) is 6.47 Å². The average Bonchev–Trinajstić information content (AvgIpc) is 2.68. The molecule has 3 rings (SSSR count). The van der Waals surface area contributed by atoms with Gasteiger partial charge in [-0.05, 0) is 12.1 Å². The van der Waals surface area contributed by atoms with Crippen LogP contribution >= 0.6 is 11.3 Å². The van der Waals surface area contributed by atoms with E-state index in [4.69, 9.17) is 9.90 Å². The van der Waals surface area contributed by atoms with Gasteiger partial charge in [0.15, 0.2) is 0 Å². The first-order valence-electron chi connectivity index (χ1n) is 4.81.